The molecular weight excluding hydrogens is 294 g/mol. The molecule has 1 aromatic heterocycles. The summed E-state index contributed by atoms with van der Waals surface area (Å²) in [5.41, 5.74) is 6.75. The molecule has 1 amide bonds. The van der Waals surface area contributed by atoms with Crippen LogP contribution < -0.4 is 20.1 Å². The molecule has 2 aromatic rings. The summed E-state index contributed by atoms with van der Waals surface area (Å²) in [4.78, 5) is 17.4. The summed E-state index contributed by atoms with van der Waals surface area (Å²) in [7, 11) is 1.58. The van der Waals surface area contributed by atoms with Crippen molar-refractivity contribution in [3.8, 4) is 10.9 Å². The molecule has 0 radical (unpaired) electrons. The molecule has 2 N–H and O–H groups in total. The second kappa shape index (κ2) is 5.74. The molecular formula is C13H15N3O4S. The van der Waals surface area contributed by atoms with E-state index >= 15 is 0 Å². The minimum absolute atomic E-state index is 0.219. The summed E-state index contributed by atoms with van der Waals surface area (Å²) >= 11 is 1.28. The minimum atomic E-state index is -0.874. The average Bonchev–Trinajstić information content (AvgIpc) is 2.89. The molecule has 0 spiro atoms. The van der Waals surface area contributed by atoms with E-state index in [0.29, 0.717) is 24.5 Å². The number of benzene rings is 1. The number of amides is 1. The van der Waals surface area contributed by atoms with Gasteiger partial charge < -0.3 is 24.8 Å². The predicted molar refractivity (Wildman–Crippen MR) is 79.4 cm³/mol. The monoisotopic (exact) mass is 309 g/mol. The van der Waals surface area contributed by atoms with Crippen molar-refractivity contribution in [2.24, 2.45) is 5.73 Å². The first-order chi connectivity index (χ1) is 10.2. The number of thiazole rings is 1. The van der Waals surface area contributed by atoms with Crippen molar-refractivity contribution < 1.29 is 19.0 Å². The maximum atomic E-state index is 10.9. The normalized spacial score (nSPS) is 15.2. The Morgan fingerprint density at radius 1 is 1.43 bits per heavy atom. The Kier molecular flexibility index (Phi) is 3.80. The third-order valence-corrected chi connectivity index (χ3v) is 4.18. The maximum absolute atomic E-state index is 10.9. The predicted octanol–water partition coefficient (Wildman–Crippen LogP) is 1.60. The SMILES string of the molecule is COc1ccc(N2CCOCC2)c2sc(OC(N)=O)nc12. The maximum Gasteiger partial charge on any atom is 0.411 e. The molecule has 0 atom stereocenters. The zero-order valence-electron chi connectivity index (χ0n) is 11.5. The number of hydrogen-bond acceptors (Lipinski definition) is 7. The number of anilines is 1. The van der Waals surface area contributed by atoms with E-state index in [1.54, 1.807) is 7.11 Å². The number of morpholine rings is 1. The van der Waals surface area contributed by atoms with E-state index in [2.05, 4.69) is 9.88 Å². The molecule has 2 heterocycles. The number of ether oxygens (including phenoxy) is 3. The summed E-state index contributed by atoms with van der Waals surface area (Å²) in [5, 5.41) is 0.219. The van der Waals surface area contributed by atoms with Crippen LogP contribution in [0.3, 0.4) is 0 Å². The molecule has 0 aliphatic carbocycles. The first kappa shape index (κ1) is 13.9. The fraction of sp³-hybridized carbons (Fsp3) is 0.385. The van der Waals surface area contributed by atoms with Gasteiger partial charge in [0.15, 0.2) is 0 Å². The average molecular weight is 309 g/mol. The van der Waals surface area contributed by atoms with E-state index in [1.165, 1.54) is 11.3 Å². The van der Waals surface area contributed by atoms with Crippen molar-refractivity contribution in [3.63, 3.8) is 0 Å². The van der Waals surface area contributed by atoms with Crippen LogP contribution in [0.1, 0.15) is 0 Å². The highest BCUT2D eigenvalue weighted by Gasteiger charge is 2.20. The Morgan fingerprint density at radius 3 is 2.86 bits per heavy atom. The highest BCUT2D eigenvalue weighted by Crippen LogP contribution is 2.40. The van der Waals surface area contributed by atoms with Crippen molar-refractivity contribution in [2.45, 2.75) is 0 Å². The number of aromatic nitrogens is 1. The minimum Gasteiger partial charge on any atom is -0.494 e. The third kappa shape index (κ3) is 2.72. The molecule has 1 aliphatic heterocycles. The number of carbonyl (C=O) groups excluding carboxylic acids is 1. The number of fused-ring (bicyclic) bond motifs is 1. The zero-order valence-corrected chi connectivity index (χ0v) is 12.3. The van der Waals surface area contributed by atoms with E-state index in [1.807, 2.05) is 12.1 Å². The number of primary amides is 1. The fourth-order valence-corrected chi connectivity index (χ4v) is 3.28. The van der Waals surface area contributed by atoms with E-state index in [4.69, 9.17) is 19.9 Å². The molecule has 8 heteroatoms. The van der Waals surface area contributed by atoms with Gasteiger partial charge in [0.2, 0.25) is 0 Å². The van der Waals surface area contributed by atoms with Crippen LogP contribution in [0.25, 0.3) is 10.2 Å². The van der Waals surface area contributed by atoms with Crippen molar-refractivity contribution in [2.75, 3.05) is 38.3 Å². The van der Waals surface area contributed by atoms with Gasteiger partial charge in [-0.25, -0.2) is 4.79 Å². The van der Waals surface area contributed by atoms with Gasteiger partial charge >= 0.3 is 6.09 Å². The third-order valence-electron chi connectivity index (χ3n) is 3.23. The molecule has 7 nitrogen and oxygen atoms in total. The lowest BCUT2D eigenvalue weighted by Crippen LogP contribution is -2.36. The Labute approximate surface area is 125 Å². The molecule has 1 aliphatic rings. The molecule has 3 rings (SSSR count). The van der Waals surface area contributed by atoms with Crippen LogP contribution in [0, 0.1) is 0 Å². The second-order valence-corrected chi connectivity index (χ2v) is 5.43. The van der Waals surface area contributed by atoms with Gasteiger partial charge in [-0.05, 0) is 12.1 Å². The van der Waals surface area contributed by atoms with E-state index < -0.39 is 6.09 Å². The molecule has 0 unspecified atom stereocenters. The van der Waals surface area contributed by atoms with Gasteiger partial charge in [0, 0.05) is 13.1 Å². The summed E-state index contributed by atoms with van der Waals surface area (Å²) in [6.45, 7) is 3.00. The number of methoxy groups -OCH3 is 1. The summed E-state index contributed by atoms with van der Waals surface area (Å²) in [6.07, 6.45) is -0.874. The van der Waals surface area contributed by atoms with E-state index in [-0.39, 0.29) is 5.19 Å². The first-order valence-corrected chi connectivity index (χ1v) is 7.28. The standard InChI is InChI=1S/C13H15N3O4S/c1-18-9-3-2-8(16-4-6-19-7-5-16)11-10(9)15-13(21-11)20-12(14)17/h2-3H,4-7H2,1H3,(H2,14,17). The van der Waals surface area contributed by atoms with Crippen LogP contribution in [-0.4, -0.2) is 44.5 Å². The highest BCUT2D eigenvalue weighted by molar-refractivity contribution is 7.21. The molecule has 0 saturated carbocycles. The number of rotatable bonds is 3. The van der Waals surface area contributed by atoms with Gasteiger partial charge in [-0.2, -0.15) is 4.98 Å². The first-order valence-electron chi connectivity index (χ1n) is 6.46. The zero-order chi connectivity index (χ0) is 14.8. The molecule has 112 valence electrons. The molecule has 1 saturated heterocycles. The van der Waals surface area contributed by atoms with E-state index in [9.17, 15) is 4.79 Å². The van der Waals surface area contributed by atoms with Crippen molar-refractivity contribution in [1.82, 2.24) is 4.98 Å². The van der Waals surface area contributed by atoms with Crippen LogP contribution in [0.5, 0.6) is 10.9 Å². The Balaban J connectivity index is 2.07. The Morgan fingerprint density at radius 2 is 2.19 bits per heavy atom. The van der Waals surface area contributed by atoms with Gasteiger partial charge in [-0.1, -0.05) is 11.3 Å². The molecule has 21 heavy (non-hydrogen) atoms. The molecule has 1 aromatic carbocycles. The highest BCUT2D eigenvalue weighted by atomic mass is 32.1. The number of nitrogens with two attached hydrogens (primary N) is 1. The smallest absolute Gasteiger partial charge is 0.411 e. The summed E-state index contributed by atoms with van der Waals surface area (Å²) < 4.78 is 16.5. The lowest BCUT2D eigenvalue weighted by atomic mass is 10.2. The largest absolute Gasteiger partial charge is 0.494 e. The Bertz CT molecular complexity index is 667. The Hall–Kier alpha value is -2.06. The number of nitrogens with zero attached hydrogens (tertiary/aromatic N) is 2. The van der Waals surface area contributed by atoms with Gasteiger partial charge in [-0.3, -0.25) is 0 Å². The van der Waals surface area contributed by atoms with E-state index in [0.717, 1.165) is 23.5 Å². The number of carbonyl (C=O) groups is 1. The molecule has 1 fully saturated rings. The van der Waals surface area contributed by atoms with Crippen LogP contribution in [0.2, 0.25) is 0 Å². The fourth-order valence-electron chi connectivity index (χ4n) is 2.30. The lowest BCUT2D eigenvalue weighted by molar-refractivity contribution is 0.123. The van der Waals surface area contributed by atoms with Crippen LogP contribution in [0.4, 0.5) is 10.5 Å². The van der Waals surface area contributed by atoms with Crippen molar-refractivity contribution >= 4 is 33.3 Å². The number of hydrogen-bond donors (Lipinski definition) is 1. The van der Waals surface area contributed by atoms with Gasteiger partial charge in [0.1, 0.15) is 11.3 Å². The van der Waals surface area contributed by atoms with Crippen molar-refractivity contribution in [3.05, 3.63) is 12.1 Å². The lowest BCUT2D eigenvalue weighted by Gasteiger charge is -2.29. The second-order valence-electron chi connectivity index (χ2n) is 4.46. The molecule has 0 bridgehead atoms. The van der Waals surface area contributed by atoms with Gasteiger partial charge in [0.05, 0.1) is 30.7 Å². The van der Waals surface area contributed by atoms with Crippen LogP contribution in [0.15, 0.2) is 12.1 Å². The topological polar surface area (TPSA) is 86.9 Å². The summed E-state index contributed by atoms with van der Waals surface area (Å²) in [6, 6.07) is 3.85. The summed E-state index contributed by atoms with van der Waals surface area (Å²) in [5.74, 6) is 0.637. The van der Waals surface area contributed by atoms with Gasteiger partial charge in [-0.15, -0.1) is 0 Å². The quantitative estimate of drug-likeness (QED) is 0.926. The van der Waals surface area contributed by atoms with Crippen LogP contribution in [-0.2, 0) is 4.74 Å². The van der Waals surface area contributed by atoms with Crippen molar-refractivity contribution in [1.29, 1.82) is 0 Å². The van der Waals surface area contributed by atoms with Crippen LogP contribution >= 0.6 is 11.3 Å². The van der Waals surface area contributed by atoms with Gasteiger partial charge in [0.25, 0.3) is 5.19 Å².